The zero-order chi connectivity index (χ0) is 14.1. The third-order valence-electron chi connectivity index (χ3n) is 4.09. The summed E-state index contributed by atoms with van der Waals surface area (Å²) in [6.07, 6.45) is 0. The lowest BCUT2D eigenvalue weighted by atomic mass is 10.1. The molecular weight excluding hydrogens is 346 g/mol. The molecule has 0 amide bonds. The molecule has 21 heavy (non-hydrogen) atoms. The molecule has 0 unspecified atom stereocenters. The highest BCUT2D eigenvalue weighted by Gasteiger charge is 2.17. The maximum atomic E-state index is 12.9. The van der Waals surface area contributed by atoms with Crippen LogP contribution in [0.2, 0.25) is 0 Å². The molecule has 3 aromatic heterocycles. The van der Waals surface area contributed by atoms with E-state index < -0.39 is 0 Å². The number of pyridine rings is 1. The van der Waals surface area contributed by atoms with Gasteiger partial charge in [0.2, 0.25) is 0 Å². The van der Waals surface area contributed by atoms with Crippen molar-refractivity contribution in [3.05, 3.63) is 62.7 Å². The van der Waals surface area contributed by atoms with Crippen molar-refractivity contribution >= 4 is 64.5 Å². The van der Waals surface area contributed by atoms with Crippen LogP contribution in [0.25, 0.3) is 37.3 Å². The molecular formula is C17H8BrNOS. The SMILES string of the molecule is O=c1c2ccc(Br)cc2c2cccc3c4sccc4n1c23. The lowest BCUT2D eigenvalue weighted by Crippen LogP contribution is -2.12. The first-order valence-electron chi connectivity index (χ1n) is 6.61. The number of rotatable bonds is 0. The van der Waals surface area contributed by atoms with Crippen molar-refractivity contribution in [3.63, 3.8) is 0 Å². The predicted molar refractivity (Wildman–Crippen MR) is 92.9 cm³/mol. The highest BCUT2D eigenvalue weighted by molar-refractivity contribution is 9.10. The van der Waals surface area contributed by atoms with E-state index in [1.165, 1.54) is 4.70 Å². The van der Waals surface area contributed by atoms with Gasteiger partial charge in [-0.05, 0) is 35.0 Å². The van der Waals surface area contributed by atoms with Gasteiger partial charge >= 0.3 is 0 Å². The zero-order valence-electron chi connectivity index (χ0n) is 10.8. The average Bonchev–Trinajstić information content (AvgIpc) is 3.06. The fraction of sp³-hybridized carbons (Fsp3) is 0. The molecule has 100 valence electrons. The highest BCUT2D eigenvalue weighted by atomic mass is 79.9. The van der Waals surface area contributed by atoms with E-state index in [-0.39, 0.29) is 5.56 Å². The summed E-state index contributed by atoms with van der Waals surface area (Å²) in [7, 11) is 0. The predicted octanol–water partition coefficient (Wildman–Crippen LogP) is 5.02. The van der Waals surface area contributed by atoms with Crippen LogP contribution in [-0.4, -0.2) is 4.40 Å². The van der Waals surface area contributed by atoms with Gasteiger partial charge < -0.3 is 0 Å². The van der Waals surface area contributed by atoms with E-state index in [9.17, 15) is 4.79 Å². The van der Waals surface area contributed by atoms with E-state index in [1.54, 1.807) is 11.3 Å². The summed E-state index contributed by atoms with van der Waals surface area (Å²) in [5.41, 5.74) is 2.12. The first-order valence-corrected chi connectivity index (χ1v) is 8.28. The maximum absolute atomic E-state index is 12.9. The number of fused-ring (bicyclic) bond motifs is 5. The largest absolute Gasteiger partial charge is 0.274 e. The maximum Gasteiger partial charge on any atom is 0.263 e. The molecule has 0 aliphatic carbocycles. The quantitative estimate of drug-likeness (QED) is 0.358. The second kappa shape index (κ2) is 3.84. The van der Waals surface area contributed by atoms with Gasteiger partial charge in [-0.1, -0.05) is 34.1 Å². The number of nitrogens with zero attached hydrogens (tertiary/aromatic N) is 1. The molecule has 0 saturated carbocycles. The second-order valence-corrected chi connectivity index (χ2v) is 7.00. The summed E-state index contributed by atoms with van der Waals surface area (Å²) >= 11 is 5.20. The van der Waals surface area contributed by atoms with Crippen LogP contribution in [0.15, 0.2) is 57.1 Å². The number of benzene rings is 2. The van der Waals surface area contributed by atoms with E-state index in [4.69, 9.17) is 0 Å². The van der Waals surface area contributed by atoms with Crippen LogP contribution in [0.3, 0.4) is 0 Å². The Morgan fingerprint density at radius 1 is 0.952 bits per heavy atom. The van der Waals surface area contributed by atoms with E-state index in [1.807, 2.05) is 34.0 Å². The van der Waals surface area contributed by atoms with Gasteiger partial charge in [0.05, 0.1) is 15.7 Å². The van der Waals surface area contributed by atoms with Crippen molar-refractivity contribution in [1.82, 2.24) is 4.40 Å². The number of para-hydroxylation sites is 1. The first-order chi connectivity index (χ1) is 10.3. The summed E-state index contributed by atoms with van der Waals surface area (Å²) in [4.78, 5) is 12.9. The molecule has 0 saturated heterocycles. The molecule has 5 aromatic rings. The molecule has 2 nitrogen and oxygen atoms in total. The Balaban J connectivity index is 2.30. The van der Waals surface area contributed by atoms with Crippen molar-refractivity contribution < 1.29 is 0 Å². The van der Waals surface area contributed by atoms with Gasteiger partial charge in [-0.2, -0.15) is 0 Å². The third kappa shape index (κ3) is 1.34. The minimum absolute atomic E-state index is 0.0644. The van der Waals surface area contributed by atoms with Crippen LogP contribution in [0.5, 0.6) is 0 Å². The fourth-order valence-corrected chi connectivity index (χ4v) is 4.51. The number of halogens is 1. The van der Waals surface area contributed by atoms with Crippen LogP contribution in [0.1, 0.15) is 0 Å². The molecule has 5 rings (SSSR count). The normalized spacial score (nSPS) is 12.2. The monoisotopic (exact) mass is 353 g/mol. The van der Waals surface area contributed by atoms with Gasteiger partial charge in [-0.3, -0.25) is 9.20 Å². The van der Waals surface area contributed by atoms with Gasteiger partial charge in [0.15, 0.2) is 0 Å². The summed E-state index contributed by atoms with van der Waals surface area (Å²) in [5.74, 6) is 0. The Labute approximate surface area is 131 Å². The van der Waals surface area contributed by atoms with Crippen molar-refractivity contribution in [2.45, 2.75) is 0 Å². The molecule has 0 radical (unpaired) electrons. The second-order valence-electron chi connectivity index (χ2n) is 5.17. The molecule has 0 N–H and O–H groups in total. The summed E-state index contributed by atoms with van der Waals surface area (Å²) in [5, 5.41) is 6.12. The lowest BCUT2D eigenvalue weighted by molar-refractivity contribution is 1.21. The molecule has 3 heterocycles. The van der Waals surface area contributed by atoms with Crippen LogP contribution in [0, 0.1) is 0 Å². The Kier molecular flexibility index (Phi) is 2.14. The topological polar surface area (TPSA) is 21.5 Å². The van der Waals surface area contributed by atoms with E-state index in [0.717, 1.165) is 37.1 Å². The molecule has 0 aliphatic rings. The first kappa shape index (κ1) is 11.7. The van der Waals surface area contributed by atoms with Crippen molar-refractivity contribution in [3.8, 4) is 0 Å². The summed E-state index contributed by atoms with van der Waals surface area (Å²) in [6, 6.07) is 14.2. The zero-order valence-corrected chi connectivity index (χ0v) is 13.2. The van der Waals surface area contributed by atoms with Crippen LogP contribution in [0.4, 0.5) is 0 Å². The molecule has 0 bridgehead atoms. The van der Waals surface area contributed by atoms with Gasteiger partial charge in [-0.15, -0.1) is 11.3 Å². The molecule has 0 atom stereocenters. The highest BCUT2D eigenvalue weighted by Crippen LogP contribution is 2.36. The van der Waals surface area contributed by atoms with Crippen molar-refractivity contribution in [2.24, 2.45) is 0 Å². The van der Waals surface area contributed by atoms with E-state index in [2.05, 4.69) is 34.1 Å². The number of hydrogen-bond donors (Lipinski definition) is 0. The average molecular weight is 354 g/mol. The van der Waals surface area contributed by atoms with Gasteiger partial charge in [-0.25, -0.2) is 0 Å². The van der Waals surface area contributed by atoms with Crippen LogP contribution < -0.4 is 5.56 Å². The van der Waals surface area contributed by atoms with Crippen molar-refractivity contribution in [1.29, 1.82) is 0 Å². The minimum Gasteiger partial charge on any atom is -0.274 e. The van der Waals surface area contributed by atoms with E-state index >= 15 is 0 Å². The fourth-order valence-electron chi connectivity index (χ4n) is 3.24. The Bertz CT molecular complexity index is 1220. The van der Waals surface area contributed by atoms with Crippen LogP contribution >= 0.6 is 27.3 Å². The molecule has 0 fully saturated rings. The third-order valence-corrected chi connectivity index (χ3v) is 5.53. The molecule has 0 aliphatic heterocycles. The Morgan fingerprint density at radius 3 is 2.71 bits per heavy atom. The molecule has 4 heteroatoms. The Hall–Kier alpha value is -1.91. The number of aromatic nitrogens is 1. The lowest BCUT2D eigenvalue weighted by Gasteiger charge is -2.06. The van der Waals surface area contributed by atoms with E-state index in [0.29, 0.717) is 0 Å². The Morgan fingerprint density at radius 2 is 1.81 bits per heavy atom. The molecule has 2 aromatic carbocycles. The summed E-state index contributed by atoms with van der Waals surface area (Å²) < 4.78 is 4.05. The standard InChI is InChI=1S/C17H8BrNOS/c18-9-4-5-11-13(8-9)10-2-1-3-12-15(10)19(17(11)20)14-6-7-21-16(12)14/h1-8H. The van der Waals surface area contributed by atoms with Gasteiger partial charge in [0.25, 0.3) is 5.56 Å². The van der Waals surface area contributed by atoms with Crippen molar-refractivity contribution in [2.75, 3.05) is 0 Å². The summed E-state index contributed by atoms with van der Waals surface area (Å²) in [6.45, 7) is 0. The smallest absolute Gasteiger partial charge is 0.263 e. The van der Waals surface area contributed by atoms with Gasteiger partial charge in [0, 0.05) is 20.6 Å². The number of hydrogen-bond acceptors (Lipinski definition) is 2. The minimum atomic E-state index is 0.0644. The van der Waals surface area contributed by atoms with Gasteiger partial charge in [0.1, 0.15) is 0 Å². The number of thiophene rings is 1. The molecule has 0 spiro atoms. The van der Waals surface area contributed by atoms with Crippen LogP contribution in [-0.2, 0) is 0 Å².